The van der Waals surface area contributed by atoms with E-state index in [1.54, 1.807) is 20.8 Å². The van der Waals surface area contributed by atoms with Crippen LogP contribution in [-0.2, 0) is 9.53 Å². The highest BCUT2D eigenvalue weighted by atomic mass is 16.6. The van der Waals surface area contributed by atoms with E-state index < -0.39 is 11.0 Å². The van der Waals surface area contributed by atoms with Crippen molar-refractivity contribution in [2.75, 3.05) is 12.4 Å². The van der Waals surface area contributed by atoms with E-state index in [-0.39, 0.29) is 11.6 Å². The minimum absolute atomic E-state index is 0.0165. The summed E-state index contributed by atoms with van der Waals surface area (Å²) < 4.78 is 4.91. The van der Waals surface area contributed by atoms with Crippen LogP contribution in [0.5, 0.6) is 0 Å². The third-order valence-electron chi connectivity index (χ3n) is 2.70. The van der Waals surface area contributed by atoms with E-state index in [1.807, 2.05) is 0 Å². The quantitative estimate of drug-likeness (QED) is 0.657. The molecule has 0 saturated carbocycles. The second-order valence-corrected chi connectivity index (χ2v) is 4.08. The number of nitrogens with one attached hydrogen (secondary N) is 1. The molecule has 0 heterocycles. The molecule has 0 unspecified atom stereocenters. The van der Waals surface area contributed by atoms with Gasteiger partial charge in [0.25, 0.3) is 11.6 Å². The van der Waals surface area contributed by atoms with Gasteiger partial charge in [0.2, 0.25) is 0 Å². The summed E-state index contributed by atoms with van der Waals surface area (Å²) in [5, 5.41) is 13.4. The van der Waals surface area contributed by atoms with Crippen molar-refractivity contribution in [2.45, 2.75) is 26.9 Å². The zero-order chi connectivity index (χ0) is 13.9. The summed E-state index contributed by atoms with van der Waals surface area (Å²) in [6, 6.07) is 2.86. The molecule has 1 rings (SSSR count). The smallest absolute Gasteiger partial charge is 0.270 e. The predicted molar refractivity (Wildman–Crippen MR) is 67.7 cm³/mol. The molecular weight excluding hydrogens is 236 g/mol. The van der Waals surface area contributed by atoms with Gasteiger partial charge in [0.05, 0.1) is 4.92 Å². The molecule has 1 aromatic rings. The summed E-state index contributed by atoms with van der Waals surface area (Å²) in [6.07, 6.45) is -0.570. The van der Waals surface area contributed by atoms with E-state index in [1.165, 1.54) is 19.2 Å². The first-order valence-corrected chi connectivity index (χ1v) is 5.46. The summed E-state index contributed by atoms with van der Waals surface area (Å²) in [7, 11) is 1.44. The summed E-state index contributed by atoms with van der Waals surface area (Å²) in [5.74, 6) is -0.280. The Bertz CT molecular complexity index is 462. The van der Waals surface area contributed by atoms with Crippen molar-refractivity contribution in [3.05, 3.63) is 33.4 Å². The average molecular weight is 252 g/mol. The summed E-state index contributed by atoms with van der Waals surface area (Å²) in [5.41, 5.74) is 1.91. The lowest BCUT2D eigenvalue weighted by Gasteiger charge is -2.14. The lowest BCUT2D eigenvalue weighted by atomic mass is 10.1. The fraction of sp³-hybridized carbons (Fsp3) is 0.417. The van der Waals surface area contributed by atoms with E-state index in [2.05, 4.69) is 5.32 Å². The fourth-order valence-electron chi connectivity index (χ4n) is 1.58. The number of anilines is 1. The van der Waals surface area contributed by atoms with E-state index >= 15 is 0 Å². The number of nitrogens with zero attached hydrogens (tertiary/aromatic N) is 1. The molecule has 18 heavy (non-hydrogen) atoms. The number of methoxy groups -OCH3 is 1. The first-order valence-electron chi connectivity index (χ1n) is 5.46. The summed E-state index contributed by atoms with van der Waals surface area (Å²) >= 11 is 0. The van der Waals surface area contributed by atoms with Gasteiger partial charge in [0, 0.05) is 24.9 Å². The molecule has 1 atom stereocenters. The van der Waals surface area contributed by atoms with E-state index in [0.29, 0.717) is 16.8 Å². The molecule has 0 saturated heterocycles. The number of rotatable bonds is 4. The van der Waals surface area contributed by atoms with Crippen molar-refractivity contribution < 1.29 is 14.5 Å². The Labute approximate surface area is 105 Å². The van der Waals surface area contributed by atoms with Gasteiger partial charge in [-0.3, -0.25) is 14.9 Å². The minimum Gasteiger partial charge on any atom is -0.372 e. The molecule has 0 aliphatic carbocycles. The number of carbonyl (C=O) groups is 1. The van der Waals surface area contributed by atoms with Gasteiger partial charge in [0.1, 0.15) is 6.10 Å². The summed E-state index contributed by atoms with van der Waals surface area (Å²) in [6.45, 7) is 5.06. The number of nitro groups is 1. The van der Waals surface area contributed by atoms with Crippen molar-refractivity contribution in [1.82, 2.24) is 0 Å². The fourth-order valence-corrected chi connectivity index (χ4v) is 1.58. The van der Waals surface area contributed by atoms with Crippen LogP contribution in [0, 0.1) is 24.0 Å². The van der Waals surface area contributed by atoms with Crippen molar-refractivity contribution in [1.29, 1.82) is 0 Å². The maximum Gasteiger partial charge on any atom is 0.270 e. The van der Waals surface area contributed by atoms with E-state index in [0.717, 1.165) is 0 Å². The molecule has 0 aliphatic heterocycles. The topological polar surface area (TPSA) is 81.5 Å². The second-order valence-electron chi connectivity index (χ2n) is 4.08. The lowest BCUT2D eigenvalue weighted by molar-refractivity contribution is -0.384. The standard InChI is InChI=1S/C12H16N2O4/c1-7-5-10(14(16)17)6-8(2)11(7)13-12(15)9(3)18-4/h5-6,9H,1-4H3,(H,13,15)/t9-/m1/s1. The van der Waals surface area contributed by atoms with E-state index in [4.69, 9.17) is 4.74 Å². The first-order chi connectivity index (χ1) is 8.36. The van der Waals surface area contributed by atoms with Gasteiger partial charge in [0.15, 0.2) is 0 Å². The van der Waals surface area contributed by atoms with Crippen molar-refractivity contribution in [3.8, 4) is 0 Å². The highest BCUT2D eigenvalue weighted by Gasteiger charge is 2.16. The van der Waals surface area contributed by atoms with Crippen molar-refractivity contribution in [2.24, 2.45) is 0 Å². The SMILES string of the molecule is CO[C@H](C)C(=O)Nc1c(C)cc([N+](=O)[O-])cc1C. The van der Waals surface area contributed by atoms with Gasteiger partial charge in [-0.2, -0.15) is 0 Å². The minimum atomic E-state index is -0.570. The van der Waals surface area contributed by atoms with Crippen LogP contribution >= 0.6 is 0 Å². The molecule has 0 bridgehead atoms. The van der Waals surface area contributed by atoms with Gasteiger partial charge in [-0.05, 0) is 31.9 Å². The largest absolute Gasteiger partial charge is 0.372 e. The second kappa shape index (κ2) is 5.59. The molecule has 1 N–H and O–H groups in total. The number of carbonyl (C=O) groups excluding carboxylic acids is 1. The predicted octanol–water partition coefficient (Wildman–Crippen LogP) is 2.19. The Hall–Kier alpha value is -1.95. The number of non-ortho nitro benzene ring substituents is 1. The average Bonchev–Trinajstić information content (AvgIpc) is 2.31. The zero-order valence-electron chi connectivity index (χ0n) is 10.8. The Morgan fingerprint density at radius 2 is 1.89 bits per heavy atom. The highest BCUT2D eigenvalue weighted by Crippen LogP contribution is 2.26. The van der Waals surface area contributed by atoms with Crippen LogP contribution in [0.15, 0.2) is 12.1 Å². The Morgan fingerprint density at radius 3 is 2.28 bits per heavy atom. The molecule has 1 amide bonds. The summed E-state index contributed by atoms with van der Waals surface area (Å²) in [4.78, 5) is 21.9. The number of benzene rings is 1. The van der Waals surface area contributed by atoms with Crippen LogP contribution in [0.1, 0.15) is 18.1 Å². The molecule has 1 aromatic carbocycles. The molecule has 98 valence electrons. The molecule has 0 aromatic heterocycles. The number of nitro benzene ring substituents is 1. The van der Waals surface area contributed by atoms with Crippen LogP contribution in [0.2, 0.25) is 0 Å². The van der Waals surface area contributed by atoms with Gasteiger partial charge in [-0.1, -0.05) is 0 Å². The monoisotopic (exact) mass is 252 g/mol. The zero-order valence-corrected chi connectivity index (χ0v) is 10.8. The van der Waals surface area contributed by atoms with Crippen molar-refractivity contribution >= 4 is 17.3 Å². The number of aryl methyl sites for hydroxylation is 2. The Kier molecular flexibility index (Phi) is 4.38. The van der Waals surface area contributed by atoms with Gasteiger partial charge < -0.3 is 10.1 Å². The van der Waals surface area contributed by atoms with Crippen LogP contribution in [0.4, 0.5) is 11.4 Å². The molecular formula is C12H16N2O4. The van der Waals surface area contributed by atoms with Gasteiger partial charge in [-0.25, -0.2) is 0 Å². The molecule has 0 fully saturated rings. The number of hydrogen-bond acceptors (Lipinski definition) is 4. The maximum absolute atomic E-state index is 11.7. The van der Waals surface area contributed by atoms with Gasteiger partial charge in [-0.15, -0.1) is 0 Å². The Balaban J connectivity index is 3.04. The molecule has 6 nitrogen and oxygen atoms in total. The third kappa shape index (κ3) is 3.04. The number of ether oxygens (including phenoxy) is 1. The van der Waals surface area contributed by atoms with Crippen molar-refractivity contribution in [3.63, 3.8) is 0 Å². The van der Waals surface area contributed by atoms with Crippen LogP contribution in [-0.4, -0.2) is 24.0 Å². The van der Waals surface area contributed by atoms with Crippen LogP contribution in [0.25, 0.3) is 0 Å². The highest BCUT2D eigenvalue weighted by molar-refractivity contribution is 5.95. The maximum atomic E-state index is 11.7. The Morgan fingerprint density at radius 1 is 1.39 bits per heavy atom. The molecule has 0 aliphatic rings. The molecule has 0 spiro atoms. The molecule has 6 heteroatoms. The third-order valence-corrected chi connectivity index (χ3v) is 2.70. The van der Waals surface area contributed by atoms with Crippen LogP contribution in [0.3, 0.4) is 0 Å². The van der Waals surface area contributed by atoms with E-state index in [9.17, 15) is 14.9 Å². The van der Waals surface area contributed by atoms with Gasteiger partial charge >= 0.3 is 0 Å². The number of amides is 1. The first kappa shape index (κ1) is 14.1. The lowest BCUT2D eigenvalue weighted by Crippen LogP contribution is -2.27. The van der Waals surface area contributed by atoms with Crippen LogP contribution < -0.4 is 5.32 Å². The normalized spacial score (nSPS) is 12.0. The molecule has 0 radical (unpaired) electrons. The number of hydrogen-bond donors (Lipinski definition) is 1.